The SMILES string of the molecule is CCNCCNC(=O)CNC(=O)c1c(Cl)cccc1[N+](=O)[O-].Cl. The third-order valence-corrected chi connectivity index (χ3v) is 3.01. The van der Waals surface area contributed by atoms with Crippen LogP contribution in [0.5, 0.6) is 0 Å². The molecule has 0 atom stereocenters. The molecule has 1 aromatic rings. The lowest BCUT2D eigenvalue weighted by Crippen LogP contribution is -2.39. The molecule has 1 aromatic carbocycles. The van der Waals surface area contributed by atoms with Crippen LogP contribution in [0.3, 0.4) is 0 Å². The summed E-state index contributed by atoms with van der Waals surface area (Å²) >= 11 is 5.83. The van der Waals surface area contributed by atoms with Gasteiger partial charge in [-0.05, 0) is 12.6 Å². The highest BCUT2D eigenvalue weighted by atomic mass is 35.5. The summed E-state index contributed by atoms with van der Waals surface area (Å²) in [6, 6.07) is 3.93. The van der Waals surface area contributed by atoms with Crippen LogP contribution in [0.4, 0.5) is 5.69 Å². The molecule has 128 valence electrons. The maximum Gasteiger partial charge on any atom is 0.283 e. The summed E-state index contributed by atoms with van der Waals surface area (Å²) in [5, 5.41) is 18.8. The Morgan fingerprint density at radius 2 is 1.96 bits per heavy atom. The Balaban J connectivity index is 0.00000484. The first-order valence-corrected chi connectivity index (χ1v) is 7.03. The van der Waals surface area contributed by atoms with Crippen molar-refractivity contribution in [3.05, 3.63) is 38.9 Å². The van der Waals surface area contributed by atoms with E-state index in [1.165, 1.54) is 18.2 Å². The third kappa shape index (κ3) is 6.81. The molecule has 0 fully saturated rings. The predicted molar refractivity (Wildman–Crippen MR) is 89.2 cm³/mol. The molecule has 0 heterocycles. The van der Waals surface area contributed by atoms with E-state index in [0.29, 0.717) is 13.1 Å². The van der Waals surface area contributed by atoms with Gasteiger partial charge in [0.05, 0.1) is 16.5 Å². The molecule has 1 rings (SSSR count). The molecular weight excluding hydrogens is 347 g/mol. The molecule has 0 spiro atoms. The molecule has 0 aliphatic rings. The number of likely N-dealkylation sites (N-methyl/N-ethyl adjacent to an activating group) is 1. The minimum atomic E-state index is -0.765. The van der Waals surface area contributed by atoms with Gasteiger partial charge in [-0.15, -0.1) is 12.4 Å². The van der Waals surface area contributed by atoms with Gasteiger partial charge in [0, 0.05) is 19.2 Å². The Bertz CT molecular complexity index is 569. The van der Waals surface area contributed by atoms with Crippen LogP contribution in [0.15, 0.2) is 18.2 Å². The molecule has 0 unspecified atom stereocenters. The topological polar surface area (TPSA) is 113 Å². The van der Waals surface area contributed by atoms with Crippen LogP contribution in [0.2, 0.25) is 5.02 Å². The number of benzene rings is 1. The maximum atomic E-state index is 12.0. The van der Waals surface area contributed by atoms with Gasteiger partial charge in [0.25, 0.3) is 11.6 Å². The smallest absolute Gasteiger partial charge is 0.283 e. The molecule has 0 radical (unpaired) electrons. The quantitative estimate of drug-likeness (QED) is 0.363. The van der Waals surface area contributed by atoms with Crippen molar-refractivity contribution < 1.29 is 14.5 Å². The molecule has 0 aliphatic carbocycles. The second-order valence-electron chi connectivity index (χ2n) is 4.28. The van der Waals surface area contributed by atoms with Crippen LogP contribution < -0.4 is 16.0 Å². The zero-order chi connectivity index (χ0) is 16.5. The van der Waals surface area contributed by atoms with Gasteiger partial charge in [0.1, 0.15) is 5.56 Å². The molecule has 3 N–H and O–H groups in total. The van der Waals surface area contributed by atoms with Gasteiger partial charge in [0.2, 0.25) is 5.91 Å². The average molecular weight is 365 g/mol. The standard InChI is InChI=1S/C13H17ClN4O4.ClH/c1-2-15-6-7-16-11(19)8-17-13(20)12-9(14)4-3-5-10(12)18(21)22;/h3-5,15H,2,6-8H2,1H3,(H,16,19)(H,17,20);1H. The van der Waals surface area contributed by atoms with E-state index in [-0.39, 0.29) is 35.4 Å². The number of nitrogens with one attached hydrogen (secondary N) is 3. The van der Waals surface area contributed by atoms with Gasteiger partial charge in [-0.2, -0.15) is 0 Å². The van der Waals surface area contributed by atoms with E-state index in [1.54, 1.807) is 0 Å². The number of nitro benzene ring substituents is 1. The fourth-order valence-corrected chi connectivity index (χ4v) is 1.92. The molecule has 0 bridgehead atoms. The van der Waals surface area contributed by atoms with E-state index in [2.05, 4.69) is 16.0 Å². The number of carbonyl (C=O) groups excluding carboxylic acids is 2. The van der Waals surface area contributed by atoms with Gasteiger partial charge in [-0.25, -0.2) is 0 Å². The van der Waals surface area contributed by atoms with Crippen LogP contribution in [0.1, 0.15) is 17.3 Å². The van der Waals surface area contributed by atoms with Gasteiger partial charge in [0.15, 0.2) is 0 Å². The van der Waals surface area contributed by atoms with Crippen molar-refractivity contribution in [1.82, 2.24) is 16.0 Å². The summed E-state index contributed by atoms with van der Waals surface area (Å²) in [5.41, 5.74) is -0.660. The Morgan fingerprint density at radius 1 is 1.26 bits per heavy atom. The van der Waals surface area contributed by atoms with Crippen molar-refractivity contribution in [3.8, 4) is 0 Å². The number of nitro groups is 1. The van der Waals surface area contributed by atoms with E-state index >= 15 is 0 Å². The molecule has 23 heavy (non-hydrogen) atoms. The lowest BCUT2D eigenvalue weighted by atomic mass is 10.1. The van der Waals surface area contributed by atoms with Gasteiger partial charge in [-0.1, -0.05) is 24.6 Å². The summed E-state index contributed by atoms with van der Waals surface area (Å²) < 4.78 is 0. The fraction of sp³-hybridized carbons (Fsp3) is 0.385. The minimum Gasteiger partial charge on any atom is -0.353 e. The number of carbonyl (C=O) groups is 2. The first-order chi connectivity index (χ1) is 10.5. The number of hydrogen-bond acceptors (Lipinski definition) is 5. The lowest BCUT2D eigenvalue weighted by Gasteiger charge is -2.08. The van der Waals surface area contributed by atoms with Crippen LogP contribution in [0.25, 0.3) is 0 Å². The average Bonchev–Trinajstić information content (AvgIpc) is 2.48. The van der Waals surface area contributed by atoms with Crippen LogP contribution in [0, 0.1) is 10.1 Å². The molecular formula is C13H18Cl2N4O4. The van der Waals surface area contributed by atoms with Gasteiger partial charge >= 0.3 is 0 Å². The van der Waals surface area contributed by atoms with Crippen molar-refractivity contribution >= 4 is 41.5 Å². The molecule has 0 saturated heterocycles. The monoisotopic (exact) mass is 364 g/mol. The van der Waals surface area contributed by atoms with E-state index in [1.807, 2.05) is 6.92 Å². The van der Waals surface area contributed by atoms with Crippen molar-refractivity contribution in [2.24, 2.45) is 0 Å². The summed E-state index contributed by atoms with van der Waals surface area (Å²) in [5.74, 6) is -1.15. The minimum absolute atomic E-state index is 0. The molecule has 0 aliphatic heterocycles. The van der Waals surface area contributed by atoms with Gasteiger partial charge in [-0.3, -0.25) is 19.7 Å². The fourth-order valence-electron chi connectivity index (χ4n) is 1.67. The van der Waals surface area contributed by atoms with Crippen molar-refractivity contribution in [2.45, 2.75) is 6.92 Å². The molecule has 0 aromatic heterocycles. The summed E-state index contributed by atoms with van der Waals surface area (Å²) in [6.07, 6.45) is 0. The van der Waals surface area contributed by atoms with Crippen LogP contribution in [-0.4, -0.2) is 42.9 Å². The summed E-state index contributed by atoms with van der Waals surface area (Å²) in [6.45, 7) is 3.50. The second-order valence-corrected chi connectivity index (χ2v) is 4.68. The predicted octanol–water partition coefficient (Wildman–Crippen LogP) is 1.13. The Morgan fingerprint density at radius 3 is 2.57 bits per heavy atom. The first kappa shape index (κ1) is 21.1. The number of rotatable bonds is 8. The molecule has 10 heteroatoms. The molecule has 2 amide bonds. The van der Waals surface area contributed by atoms with E-state index in [4.69, 9.17) is 11.6 Å². The normalized spacial score (nSPS) is 9.65. The van der Waals surface area contributed by atoms with Crippen LogP contribution in [-0.2, 0) is 4.79 Å². The highest BCUT2D eigenvalue weighted by Gasteiger charge is 2.23. The van der Waals surface area contributed by atoms with E-state index in [0.717, 1.165) is 6.54 Å². The summed E-state index contributed by atoms with van der Waals surface area (Å²) in [7, 11) is 0. The Kier molecular flexibility index (Phi) is 9.87. The van der Waals surface area contributed by atoms with Crippen LogP contribution >= 0.6 is 24.0 Å². The number of nitrogens with zero attached hydrogens (tertiary/aromatic N) is 1. The number of amides is 2. The van der Waals surface area contributed by atoms with Crippen molar-refractivity contribution in [1.29, 1.82) is 0 Å². The van der Waals surface area contributed by atoms with Gasteiger partial charge < -0.3 is 16.0 Å². The highest BCUT2D eigenvalue weighted by Crippen LogP contribution is 2.25. The maximum absolute atomic E-state index is 12.0. The zero-order valence-corrected chi connectivity index (χ0v) is 14.0. The number of halogens is 2. The van der Waals surface area contributed by atoms with Crippen molar-refractivity contribution in [3.63, 3.8) is 0 Å². The lowest BCUT2D eigenvalue weighted by molar-refractivity contribution is -0.385. The first-order valence-electron chi connectivity index (χ1n) is 6.65. The Labute approximate surface area is 144 Å². The zero-order valence-electron chi connectivity index (χ0n) is 12.4. The molecule has 0 saturated carbocycles. The largest absolute Gasteiger partial charge is 0.353 e. The summed E-state index contributed by atoms with van der Waals surface area (Å²) in [4.78, 5) is 33.7. The van der Waals surface area contributed by atoms with Crippen molar-refractivity contribution in [2.75, 3.05) is 26.2 Å². The second kappa shape index (κ2) is 10.8. The molecule has 8 nitrogen and oxygen atoms in total. The highest BCUT2D eigenvalue weighted by molar-refractivity contribution is 6.34. The van der Waals surface area contributed by atoms with E-state index < -0.39 is 16.5 Å². The third-order valence-electron chi connectivity index (χ3n) is 2.70. The Hall–Kier alpha value is -1.90. The number of hydrogen-bond donors (Lipinski definition) is 3. The van der Waals surface area contributed by atoms with E-state index in [9.17, 15) is 19.7 Å².